The van der Waals surface area contributed by atoms with E-state index in [0.29, 0.717) is 23.2 Å². The number of halogens is 2. The standard InChI is InChI=1S/C10H13BrFNO/c1-6-5-8(12)9(11)7(3-4-13)10(6)14-2/h5H,3-4,13H2,1-2H3. The van der Waals surface area contributed by atoms with Gasteiger partial charge in [0.1, 0.15) is 11.6 Å². The van der Waals surface area contributed by atoms with E-state index in [2.05, 4.69) is 15.9 Å². The minimum absolute atomic E-state index is 0.272. The topological polar surface area (TPSA) is 35.2 Å². The van der Waals surface area contributed by atoms with Gasteiger partial charge < -0.3 is 10.5 Å². The fraction of sp³-hybridized carbons (Fsp3) is 0.400. The summed E-state index contributed by atoms with van der Waals surface area (Å²) in [4.78, 5) is 0. The largest absolute Gasteiger partial charge is 0.496 e. The van der Waals surface area contributed by atoms with Crippen LogP contribution in [-0.2, 0) is 6.42 Å². The quantitative estimate of drug-likeness (QED) is 0.907. The molecule has 1 rings (SSSR count). The molecule has 0 unspecified atom stereocenters. The lowest BCUT2D eigenvalue weighted by Gasteiger charge is -2.13. The summed E-state index contributed by atoms with van der Waals surface area (Å²) in [6.45, 7) is 2.28. The minimum Gasteiger partial charge on any atom is -0.496 e. The maximum Gasteiger partial charge on any atom is 0.138 e. The highest BCUT2D eigenvalue weighted by molar-refractivity contribution is 9.10. The van der Waals surface area contributed by atoms with Crippen LogP contribution in [0.5, 0.6) is 5.75 Å². The number of nitrogens with two attached hydrogens (primary N) is 1. The molecule has 0 aliphatic carbocycles. The average molecular weight is 262 g/mol. The molecule has 2 nitrogen and oxygen atoms in total. The van der Waals surface area contributed by atoms with Crippen LogP contribution < -0.4 is 10.5 Å². The molecule has 0 amide bonds. The van der Waals surface area contributed by atoms with Crippen LogP contribution in [0.2, 0.25) is 0 Å². The second kappa shape index (κ2) is 4.75. The molecule has 0 radical (unpaired) electrons. The van der Waals surface area contributed by atoms with E-state index in [0.717, 1.165) is 11.1 Å². The van der Waals surface area contributed by atoms with Crippen molar-refractivity contribution in [2.24, 2.45) is 5.73 Å². The third-order valence-corrected chi connectivity index (χ3v) is 2.91. The molecular formula is C10H13BrFNO. The van der Waals surface area contributed by atoms with Gasteiger partial charge in [-0.25, -0.2) is 4.39 Å². The normalized spacial score (nSPS) is 10.4. The molecule has 0 spiro atoms. The molecule has 0 saturated heterocycles. The Hall–Kier alpha value is -0.610. The molecule has 0 saturated carbocycles. The maximum absolute atomic E-state index is 13.3. The smallest absolute Gasteiger partial charge is 0.138 e. The molecule has 1 aromatic rings. The van der Waals surface area contributed by atoms with Crippen molar-refractivity contribution in [2.75, 3.05) is 13.7 Å². The van der Waals surface area contributed by atoms with Crippen LogP contribution in [0.25, 0.3) is 0 Å². The molecule has 0 aromatic heterocycles. The van der Waals surface area contributed by atoms with Gasteiger partial charge in [0.25, 0.3) is 0 Å². The first-order valence-corrected chi connectivity index (χ1v) is 5.12. The molecule has 4 heteroatoms. The van der Waals surface area contributed by atoms with Crippen LogP contribution in [0, 0.1) is 12.7 Å². The molecule has 2 N–H and O–H groups in total. The molecule has 14 heavy (non-hydrogen) atoms. The SMILES string of the molecule is COc1c(C)cc(F)c(Br)c1CCN. The summed E-state index contributed by atoms with van der Waals surface area (Å²) in [6.07, 6.45) is 0.600. The van der Waals surface area contributed by atoms with Crippen molar-refractivity contribution in [1.82, 2.24) is 0 Å². The van der Waals surface area contributed by atoms with Gasteiger partial charge in [0.2, 0.25) is 0 Å². The summed E-state index contributed by atoms with van der Waals surface area (Å²) < 4.78 is 19.0. The molecule has 0 atom stereocenters. The lowest BCUT2D eigenvalue weighted by molar-refractivity contribution is 0.404. The number of ether oxygens (including phenoxy) is 1. The zero-order valence-electron chi connectivity index (χ0n) is 8.23. The van der Waals surface area contributed by atoms with Gasteiger partial charge in [0.15, 0.2) is 0 Å². The first kappa shape index (κ1) is 11.5. The Morgan fingerprint density at radius 2 is 2.21 bits per heavy atom. The lowest BCUT2D eigenvalue weighted by Crippen LogP contribution is -2.07. The lowest BCUT2D eigenvalue weighted by atomic mass is 10.1. The van der Waals surface area contributed by atoms with Crippen molar-refractivity contribution in [3.8, 4) is 5.75 Å². The van der Waals surface area contributed by atoms with Crippen molar-refractivity contribution in [3.05, 3.63) is 27.5 Å². The molecule has 78 valence electrons. The van der Waals surface area contributed by atoms with Gasteiger partial charge in [-0.1, -0.05) is 0 Å². The second-order valence-electron chi connectivity index (χ2n) is 3.04. The summed E-state index contributed by atoms with van der Waals surface area (Å²) in [5.74, 6) is 0.440. The molecule has 0 heterocycles. The van der Waals surface area contributed by atoms with Crippen LogP contribution in [0.1, 0.15) is 11.1 Å². The van der Waals surface area contributed by atoms with Crippen LogP contribution >= 0.6 is 15.9 Å². The number of hydrogen-bond acceptors (Lipinski definition) is 2. The van der Waals surface area contributed by atoms with Crippen molar-refractivity contribution in [1.29, 1.82) is 0 Å². The summed E-state index contributed by atoms with van der Waals surface area (Å²) in [7, 11) is 1.58. The Bertz CT molecular complexity index is 341. The first-order chi connectivity index (χ1) is 6.61. The number of aryl methyl sites for hydroxylation is 1. The van der Waals surface area contributed by atoms with E-state index in [1.165, 1.54) is 6.07 Å². The third kappa shape index (κ3) is 2.07. The van der Waals surface area contributed by atoms with E-state index >= 15 is 0 Å². The third-order valence-electron chi connectivity index (χ3n) is 2.05. The molecule has 0 aliphatic heterocycles. The Morgan fingerprint density at radius 3 is 2.71 bits per heavy atom. The van der Waals surface area contributed by atoms with Crippen LogP contribution in [0.4, 0.5) is 4.39 Å². The van der Waals surface area contributed by atoms with E-state index in [1.807, 2.05) is 6.92 Å². The van der Waals surface area contributed by atoms with E-state index < -0.39 is 0 Å². The van der Waals surface area contributed by atoms with Gasteiger partial charge in [0, 0.05) is 5.56 Å². The van der Waals surface area contributed by atoms with Gasteiger partial charge in [-0.2, -0.15) is 0 Å². The second-order valence-corrected chi connectivity index (χ2v) is 3.83. The highest BCUT2D eigenvalue weighted by Gasteiger charge is 2.14. The molecule has 1 aromatic carbocycles. The summed E-state index contributed by atoms with van der Waals surface area (Å²) in [6, 6.07) is 1.45. The molecule has 0 aliphatic rings. The van der Waals surface area contributed by atoms with Crippen molar-refractivity contribution >= 4 is 15.9 Å². The average Bonchev–Trinajstić information content (AvgIpc) is 2.14. The van der Waals surface area contributed by atoms with E-state index in [-0.39, 0.29) is 5.82 Å². The summed E-state index contributed by atoms with van der Waals surface area (Å²) in [5, 5.41) is 0. The number of methoxy groups -OCH3 is 1. The fourth-order valence-electron chi connectivity index (χ4n) is 1.45. The van der Waals surface area contributed by atoms with Crippen molar-refractivity contribution in [3.63, 3.8) is 0 Å². The highest BCUT2D eigenvalue weighted by Crippen LogP contribution is 2.32. The number of rotatable bonds is 3. The summed E-state index contributed by atoms with van der Waals surface area (Å²) >= 11 is 3.20. The highest BCUT2D eigenvalue weighted by atomic mass is 79.9. The predicted molar refractivity (Wildman–Crippen MR) is 58.1 cm³/mol. The monoisotopic (exact) mass is 261 g/mol. The maximum atomic E-state index is 13.3. The van der Waals surface area contributed by atoms with E-state index in [9.17, 15) is 4.39 Å². The Kier molecular flexibility index (Phi) is 3.89. The Balaban J connectivity index is 3.32. The van der Waals surface area contributed by atoms with Gasteiger partial charge in [-0.05, 0) is 47.4 Å². The van der Waals surface area contributed by atoms with Crippen molar-refractivity contribution < 1.29 is 9.13 Å². The van der Waals surface area contributed by atoms with Gasteiger partial charge in [-0.3, -0.25) is 0 Å². The predicted octanol–water partition coefficient (Wildman–Crippen LogP) is 2.41. The molecule has 0 bridgehead atoms. The van der Waals surface area contributed by atoms with Gasteiger partial charge in [-0.15, -0.1) is 0 Å². The van der Waals surface area contributed by atoms with Gasteiger partial charge in [0.05, 0.1) is 11.6 Å². The van der Waals surface area contributed by atoms with Crippen molar-refractivity contribution in [2.45, 2.75) is 13.3 Å². The van der Waals surface area contributed by atoms with Gasteiger partial charge >= 0.3 is 0 Å². The number of benzene rings is 1. The zero-order valence-corrected chi connectivity index (χ0v) is 9.82. The molecular weight excluding hydrogens is 249 g/mol. The zero-order chi connectivity index (χ0) is 10.7. The Labute approximate surface area is 91.4 Å². The summed E-state index contributed by atoms with van der Waals surface area (Å²) in [5.41, 5.74) is 7.04. The minimum atomic E-state index is -0.272. The van der Waals surface area contributed by atoms with Crippen LogP contribution in [0.15, 0.2) is 10.5 Å². The van der Waals surface area contributed by atoms with Crippen LogP contribution in [0.3, 0.4) is 0 Å². The van der Waals surface area contributed by atoms with E-state index in [4.69, 9.17) is 10.5 Å². The van der Waals surface area contributed by atoms with E-state index in [1.54, 1.807) is 7.11 Å². The number of hydrogen-bond donors (Lipinski definition) is 1. The molecule has 0 fully saturated rings. The first-order valence-electron chi connectivity index (χ1n) is 4.33. The van der Waals surface area contributed by atoms with Crippen LogP contribution in [-0.4, -0.2) is 13.7 Å². The Morgan fingerprint density at radius 1 is 1.57 bits per heavy atom. The fourth-order valence-corrected chi connectivity index (χ4v) is 1.95.